The van der Waals surface area contributed by atoms with Gasteiger partial charge in [-0.2, -0.15) is 0 Å². The molecule has 0 bridgehead atoms. The molecule has 2 N–H and O–H groups in total. The van der Waals surface area contributed by atoms with Crippen LogP contribution in [0.4, 0.5) is 5.69 Å². The summed E-state index contributed by atoms with van der Waals surface area (Å²) in [7, 11) is 0. The molecule has 0 aliphatic heterocycles. The Morgan fingerprint density at radius 2 is 2.00 bits per heavy atom. The predicted molar refractivity (Wildman–Crippen MR) is 96.6 cm³/mol. The van der Waals surface area contributed by atoms with E-state index in [2.05, 4.69) is 17.2 Å². The number of hydrogen-bond donors (Lipinski definition) is 2. The fourth-order valence-electron chi connectivity index (χ4n) is 1.78. The van der Waals surface area contributed by atoms with Gasteiger partial charge in [0.05, 0.1) is 0 Å². The first-order valence-electron chi connectivity index (χ1n) is 6.80. The Hall–Kier alpha value is -2.04. The van der Waals surface area contributed by atoms with Crippen molar-refractivity contribution in [1.29, 1.82) is 0 Å². The van der Waals surface area contributed by atoms with Crippen molar-refractivity contribution >= 4 is 34.6 Å². The van der Waals surface area contributed by atoms with Gasteiger partial charge < -0.3 is 15.4 Å². The molecule has 0 aliphatic rings. The van der Waals surface area contributed by atoms with Crippen molar-refractivity contribution in [1.82, 2.24) is 5.32 Å². The van der Waals surface area contributed by atoms with Gasteiger partial charge in [0.25, 0.3) is 0 Å². The van der Waals surface area contributed by atoms with Crippen molar-refractivity contribution in [2.24, 2.45) is 0 Å². The van der Waals surface area contributed by atoms with Crippen LogP contribution in [0.5, 0.6) is 5.75 Å². The van der Waals surface area contributed by atoms with Crippen molar-refractivity contribution in [2.45, 2.75) is 6.54 Å². The van der Waals surface area contributed by atoms with E-state index in [9.17, 15) is 0 Å². The number of halogens is 1. The summed E-state index contributed by atoms with van der Waals surface area (Å²) in [4.78, 5) is 0. The number of thiocarbonyl (C=S) groups is 1. The lowest BCUT2D eigenvalue weighted by Crippen LogP contribution is -2.27. The van der Waals surface area contributed by atoms with E-state index in [-0.39, 0.29) is 0 Å². The maximum Gasteiger partial charge on any atom is 0.171 e. The number of anilines is 1. The minimum atomic E-state index is 0.475. The quantitative estimate of drug-likeness (QED) is 0.607. The molecule has 5 heteroatoms. The second kappa shape index (κ2) is 8.41. The fraction of sp³-hybridized carbons (Fsp3) is 0.118. The highest BCUT2D eigenvalue weighted by atomic mass is 35.5. The molecule has 0 spiro atoms. The van der Waals surface area contributed by atoms with E-state index in [1.807, 2.05) is 48.5 Å². The van der Waals surface area contributed by atoms with E-state index in [1.54, 1.807) is 6.08 Å². The largest absolute Gasteiger partial charge is 0.489 e. The predicted octanol–water partition coefficient (Wildman–Crippen LogP) is 4.39. The maximum absolute atomic E-state index is 5.86. The van der Waals surface area contributed by atoms with E-state index >= 15 is 0 Å². The lowest BCUT2D eigenvalue weighted by Gasteiger charge is -2.12. The SMILES string of the molecule is C=CCOc1cccc(NC(=S)NCc2ccc(Cl)cc2)c1. The summed E-state index contributed by atoms with van der Waals surface area (Å²) in [5.41, 5.74) is 1.98. The molecular formula is C17H17ClN2OS. The molecule has 22 heavy (non-hydrogen) atoms. The third-order valence-corrected chi connectivity index (χ3v) is 3.32. The van der Waals surface area contributed by atoms with Gasteiger partial charge in [-0.1, -0.05) is 42.5 Å². The molecule has 0 amide bonds. The normalized spacial score (nSPS) is 9.86. The molecule has 0 heterocycles. The summed E-state index contributed by atoms with van der Waals surface area (Å²) in [5, 5.41) is 7.55. The Morgan fingerprint density at radius 1 is 1.23 bits per heavy atom. The zero-order valence-electron chi connectivity index (χ0n) is 12.0. The summed E-state index contributed by atoms with van der Waals surface area (Å²) in [5.74, 6) is 0.769. The van der Waals surface area contributed by atoms with Crippen LogP contribution in [0.15, 0.2) is 61.2 Å². The van der Waals surface area contributed by atoms with E-state index < -0.39 is 0 Å². The minimum Gasteiger partial charge on any atom is -0.489 e. The topological polar surface area (TPSA) is 33.3 Å². The molecule has 114 valence electrons. The molecule has 2 aromatic carbocycles. The van der Waals surface area contributed by atoms with Crippen LogP contribution in [0.2, 0.25) is 5.02 Å². The maximum atomic E-state index is 5.86. The fourth-order valence-corrected chi connectivity index (χ4v) is 2.09. The van der Waals surface area contributed by atoms with Crippen LogP contribution < -0.4 is 15.4 Å². The Morgan fingerprint density at radius 3 is 2.73 bits per heavy atom. The zero-order valence-corrected chi connectivity index (χ0v) is 13.6. The van der Waals surface area contributed by atoms with Gasteiger partial charge in [-0.25, -0.2) is 0 Å². The number of hydrogen-bond acceptors (Lipinski definition) is 2. The first-order valence-corrected chi connectivity index (χ1v) is 7.59. The first-order chi connectivity index (χ1) is 10.7. The smallest absolute Gasteiger partial charge is 0.171 e. The monoisotopic (exact) mass is 332 g/mol. The Balaban J connectivity index is 1.86. The van der Waals surface area contributed by atoms with E-state index in [0.29, 0.717) is 18.3 Å². The highest BCUT2D eigenvalue weighted by Gasteiger charge is 2.00. The highest BCUT2D eigenvalue weighted by molar-refractivity contribution is 7.80. The molecule has 0 fully saturated rings. The van der Waals surface area contributed by atoms with Gasteiger partial charge in [0.15, 0.2) is 5.11 Å². The van der Waals surface area contributed by atoms with E-state index in [1.165, 1.54) is 0 Å². The molecule has 0 atom stereocenters. The Kier molecular flexibility index (Phi) is 6.25. The molecule has 0 unspecified atom stereocenters. The number of nitrogens with one attached hydrogen (secondary N) is 2. The summed E-state index contributed by atoms with van der Waals surface area (Å²) < 4.78 is 5.48. The molecule has 0 aliphatic carbocycles. The van der Waals surface area contributed by atoms with Crippen LogP contribution in [0.25, 0.3) is 0 Å². The Labute approximate surface area is 140 Å². The summed E-state index contributed by atoms with van der Waals surface area (Å²) in [6.07, 6.45) is 1.71. The molecule has 3 nitrogen and oxygen atoms in total. The van der Waals surface area contributed by atoms with Crippen LogP contribution in [0, 0.1) is 0 Å². The average Bonchev–Trinajstić information content (AvgIpc) is 2.53. The number of benzene rings is 2. The number of rotatable bonds is 6. The van der Waals surface area contributed by atoms with Crippen molar-refractivity contribution < 1.29 is 4.74 Å². The standard InChI is InChI=1S/C17H17ClN2OS/c1-2-10-21-16-5-3-4-15(11-16)20-17(22)19-12-13-6-8-14(18)9-7-13/h2-9,11H,1,10,12H2,(H2,19,20,22). The summed E-state index contributed by atoms with van der Waals surface area (Å²) in [6, 6.07) is 15.2. The molecule has 0 radical (unpaired) electrons. The summed E-state index contributed by atoms with van der Waals surface area (Å²) >= 11 is 11.1. The lowest BCUT2D eigenvalue weighted by molar-refractivity contribution is 0.363. The van der Waals surface area contributed by atoms with Gasteiger partial charge >= 0.3 is 0 Å². The van der Waals surface area contributed by atoms with Crippen LogP contribution >= 0.6 is 23.8 Å². The third kappa shape index (κ3) is 5.39. The van der Waals surface area contributed by atoms with Crippen molar-refractivity contribution in [3.63, 3.8) is 0 Å². The van der Waals surface area contributed by atoms with E-state index in [4.69, 9.17) is 28.6 Å². The van der Waals surface area contributed by atoms with Crippen molar-refractivity contribution in [2.75, 3.05) is 11.9 Å². The molecule has 0 aromatic heterocycles. The van der Waals surface area contributed by atoms with Gasteiger partial charge in [0, 0.05) is 23.3 Å². The van der Waals surface area contributed by atoms with Gasteiger partial charge in [-0.3, -0.25) is 0 Å². The zero-order chi connectivity index (χ0) is 15.8. The summed E-state index contributed by atoms with van der Waals surface area (Å²) in [6.45, 7) is 4.73. The van der Waals surface area contributed by atoms with Crippen molar-refractivity contribution in [3.8, 4) is 5.75 Å². The van der Waals surface area contributed by atoms with Crippen LogP contribution in [0.1, 0.15) is 5.56 Å². The lowest BCUT2D eigenvalue weighted by atomic mass is 10.2. The molecule has 0 saturated carbocycles. The molecule has 2 aromatic rings. The van der Waals surface area contributed by atoms with Gasteiger partial charge in [0.1, 0.15) is 12.4 Å². The van der Waals surface area contributed by atoms with Gasteiger partial charge in [-0.05, 0) is 42.0 Å². The Bertz CT molecular complexity index is 643. The third-order valence-electron chi connectivity index (χ3n) is 2.83. The average molecular weight is 333 g/mol. The number of ether oxygens (including phenoxy) is 1. The van der Waals surface area contributed by atoms with Gasteiger partial charge in [0.2, 0.25) is 0 Å². The van der Waals surface area contributed by atoms with Crippen LogP contribution in [-0.2, 0) is 6.54 Å². The minimum absolute atomic E-state index is 0.475. The molecule has 0 saturated heterocycles. The molecule has 2 rings (SSSR count). The van der Waals surface area contributed by atoms with Crippen LogP contribution in [-0.4, -0.2) is 11.7 Å². The second-order valence-electron chi connectivity index (χ2n) is 4.56. The highest BCUT2D eigenvalue weighted by Crippen LogP contribution is 2.17. The second-order valence-corrected chi connectivity index (χ2v) is 5.41. The van der Waals surface area contributed by atoms with Gasteiger partial charge in [-0.15, -0.1) is 0 Å². The van der Waals surface area contributed by atoms with E-state index in [0.717, 1.165) is 22.0 Å². The first kappa shape index (κ1) is 16.3. The molecular weight excluding hydrogens is 316 g/mol. The van der Waals surface area contributed by atoms with Crippen molar-refractivity contribution in [3.05, 3.63) is 71.8 Å². The van der Waals surface area contributed by atoms with Crippen LogP contribution in [0.3, 0.4) is 0 Å².